The number of fused-ring (bicyclic) bond motifs is 5. The molecule has 2 aliphatic rings. The number of carbonyl (C=O) groups excluding carboxylic acids is 2. The molecule has 0 saturated carbocycles. The van der Waals surface area contributed by atoms with Crippen LogP contribution in [0.25, 0.3) is 22.0 Å². The maximum Gasteiger partial charge on any atom is 0.289 e. The number of H-pyrrole nitrogens is 1. The van der Waals surface area contributed by atoms with E-state index in [-0.39, 0.29) is 23.6 Å². The summed E-state index contributed by atoms with van der Waals surface area (Å²) in [6, 6.07) is 19.2. The fraction of sp³-hybridized carbons (Fsp3) is 0.310. The van der Waals surface area contributed by atoms with E-state index in [1.54, 1.807) is 31.0 Å². The Hall–Kier alpha value is -3.84. The second kappa shape index (κ2) is 8.68. The summed E-state index contributed by atoms with van der Waals surface area (Å²) in [6.07, 6.45) is 1.85. The molecule has 1 fully saturated rings. The smallest absolute Gasteiger partial charge is 0.289 e. The summed E-state index contributed by atoms with van der Waals surface area (Å²) in [5, 5.41) is 11.8. The zero-order valence-electron chi connectivity index (χ0n) is 20.3. The minimum absolute atomic E-state index is 0.113. The van der Waals surface area contributed by atoms with Crippen molar-refractivity contribution in [2.45, 2.75) is 38.0 Å². The van der Waals surface area contributed by atoms with Gasteiger partial charge in [-0.25, -0.2) is 0 Å². The third kappa shape index (κ3) is 3.45. The molecule has 7 heteroatoms. The van der Waals surface area contributed by atoms with E-state index >= 15 is 0 Å². The fourth-order valence-corrected chi connectivity index (χ4v) is 6.14. The van der Waals surface area contributed by atoms with Gasteiger partial charge in [0.1, 0.15) is 0 Å². The third-order valence-electron chi connectivity index (χ3n) is 7.89. The van der Waals surface area contributed by atoms with E-state index in [1.807, 2.05) is 23.1 Å². The fourth-order valence-electron chi connectivity index (χ4n) is 6.14. The van der Waals surface area contributed by atoms with Gasteiger partial charge in [0.15, 0.2) is 5.76 Å². The summed E-state index contributed by atoms with van der Waals surface area (Å²) in [5.41, 5.74) is 5.58. The molecule has 0 spiro atoms. The summed E-state index contributed by atoms with van der Waals surface area (Å²) >= 11 is 0. The van der Waals surface area contributed by atoms with Crippen molar-refractivity contribution in [3.05, 3.63) is 83.9 Å². The van der Waals surface area contributed by atoms with E-state index in [0.717, 1.165) is 28.8 Å². The lowest BCUT2D eigenvalue weighted by molar-refractivity contribution is -0.151. The quantitative estimate of drug-likeness (QED) is 0.450. The van der Waals surface area contributed by atoms with Gasteiger partial charge in [0, 0.05) is 36.3 Å². The van der Waals surface area contributed by atoms with Crippen molar-refractivity contribution in [2.75, 3.05) is 13.6 Å². The van der Waals surface area contributed by atoms with Crippen molar-refractivity contribution in [1.82, 2.24) is 14.8 Å². The third-order valence-corrected chi connectivity index (χ3v) is 7.89. The minimum Gasteiger partial charge on any atom is -0.459 e. The molecule has 2 N–H and O–H groups in total. The van der Waals surface area contributed by atoms with Crippen LogP contribution in [0.1, 0.15) is 41.2 Å². The molecule has 0 unspecified atom stereocenters. The number of aliphatic hydroxyl groups is 1. The van der Waals surface area contributed by atoms with Gasteiger partial charge in [-0.1, -0.05) is 48.5 Å². The van der Waals surface area contributed by atoms with Crippen molar-refractivity contribution in [2.24, 2.45) is 5.92 Å². The number of carbonyl (C=O) groups is 2. The van der Waals surface area contributed by atoms with Crippen LogP contribution in [0, 0.1) is 5.92 Å². The van der Waals surface area contributed by atoms with Gasteiger partial charge in [-0.3, -0.25) is 9.59 Å². The molecule has 2 aliphatic heterocycles. The number of hydrogen-bond donors (Lipinski definition) is 2. The zero-order valence-corrected chi connectivity index (χ0v) is 20.3. The van der Waals surface area contributed by atoms with Crippen molar-refractivity contribution in [3.8, 4) is 11.1 Å². The Bertz CT molecular complexity index is 1420. The number of rotatable bonds is 4. The highest BCUT2D eigenvalue weighted by Crippen LogP contribution is 2.44. The number of furan rings is 1. The monoisotopic (exact) mass is 483 g/mol. The predicted molar refractivity (Wildman–Crippen MR) is 136 cm³/mol. The normalized spacial score (nSPS) is 22.2. The maximum atomic E-state index is 13.7. The molecule has 4 heterocycles. The average molecular weight is 484 g/mol. The lowest BCUT2D eigenvalue weighted by Gasteiger charge is -2.48. The molecular formula is C29H29N3O4. The summed E-state index contributed by atoms with van der Waals surface area (Å²) in [7, 11) is 1.69. The van der Waals surface area contributed by atoms with E-state index in [0.29, 0.717) is 13.0 Å². The Morgan fingerprint density at radius 3 is 2.67 bits per heavy atom. The van der Waals surface area contributed by atoms with Crippen molar-refractivity contribution in [3.63, 3.8) is 0 Å². The SMILES string of the molecule is C[C@H](O)[C@@H]1C(=O)N2CCc3c([nH]c4c(-c5ccccc5)cccc34)[C@@H]2C[C@@H]1N(C)C(=O)c1ccco1. The predicted octanol–water partition coefficient (Wildman–Crippen LogP) is 4.40. The second-order valence-corrected chi connectivity index (χ2v) is 9.87. The van der Waals surface area contributed by atoms with E-state index in [4.69, 9.17) is 4.42 Å². The molecule has 4 aromatic rings. The minimum atomic E-state index is -0.885. The number of nitrogens with zero attached hydrogens (tertiary/aromatic N) is 2. The summed E-state index contributed by atoms with van der Waals surface area (Å²) in [5.74, 6) is -0.885. The van der Waals surface area contributed by atoms with Gasteiger partial charge >= 0.3 is 0 Å². The number of aliphatic hydroxyl groups excluding tert-OH is 1. The Labute approximate surface area is 209 Å². The van der Waals surface area contributed by atoms with Crippen molar-refractivity contribution in [1.29, 1.82) is 0 Å². The van der Waals surface area contributed by atoms with E-state index in [1.165, 1.54) is 17.2 Å². The molecule has 0 aliphatic carbocycles. The number of para-hydroxylation sites is 1. The number of piperidine rings is 1. The summed E-state index contributed by atoms with van der Waals surface area (Å²) in [4.78, 5) is 34.0. The molecule has 1 saturated heterocycles. The van der Waals surface area contributed by atoms with E-state index < -0.39 is 18.1 Å². The average Bonchev–Trinajstić information content (AvgIpc) is 3.56. The first-order chi connectivity index (χ1) is 17.5. The van der Waals surface area contributed by atoms with E-state index in [2.05, 4.69) is 35.3 Å². The molecule has 0 bridgehead atoms. The summed E-state index contributed by atoms with van der Waals surface area (Å²) < 4.78 is 5.33. The highest BCUT2D eigenvalue weighted by molar-refractivity contribution is 5.98. The first-order valence-corrected chi connectivity index (χ1v) is 12.4. The molecule has 0 radical (unpaired) electrons. The lowest BCUT2D eigenvalue weighted by atomic mass is 9.79. The van der Waals surface area contributed by atoms with Gasteiger partial charge in [0.25, 0.3) is 5.91 Å². The largest absolute Gasteiger partial charge is 0.459 e. The molecular weight excluding hydrogens is 454 g/mol. The van der Waals surface area contributed by atoms with Crippen LogP contribution in [0.15, 0.2) is 71.3 Å². The molecule has 2 aromatic carbocycles. The van der Waals surface area contributed by atoms with Gasteiger partial charge < -0.3 is 24.3 Å². The molecule has 7 nitrogen and oxygen atoms in total. The lowest BCUT2D eigenvalue weighted by Crippen LogP contribution is -2.59. The van der Waals surface area contributed by atoms with Crippen LogP contribution in [-0.4, -0.2) is 57.4 Å². The first-order valence-electron chi connectivity index (χ1n) is 12.4. The Morgan fingerprint density at radius 1 is 1.14 bits per heavy atom. The topological polar surface area (TPSA) is 89.8 Å². The molecule has 2 aromatic heterocycles. The van der Waals surface area contributed by atoms with Crippen LogP contribution in [0.3, 0.4) is 0 Å². The number of nitrogens with one attached hydrogen (secondary N) is 1. The molecule has 184 valence electrons. The Balaban J connectivity index is 1.43. The van der Waals surface area contributed by atoms with Crippen LogP contribution < -0.4 is 0 Å². The zero-order chi connectivity index (χ0) is 25.0. The van der Waals surface area contributed by atoms with Crippen molar-refractivity contribution < 1.29 is 19.1 Å². The van der Waals surface area contributed by atoms with Gasteiger partial charge in [0.2, 0.25) is 5.91 Å². The molecule has 36 heavy (non-hydrogen) atoms. The standard InChI is InChI=1S/C29H29N3O4/c1-17(33)25-22(31(2)28(34)24-12-7-15-36-24)16-23-27-21(13-14-32(23)29(25)35)20-11-6-10-19(26(20)30-27)18-8-4-3-5-9-18/h3-12,15,17,22-23,25,30,33H,13-14,16H2,1-2H3/t17-,22-,23-,25-/m0/s1. The Kier molecular flexibility index (Phi) is 5.45. The van der Waals surface area contributed by atoms with Gasteiger partial charge in [0.05, 0.1) is 29.8 Å². The van der Waals surface area contributed by atoms with Gasteiger partial charge in [-0.2, -0.15) is 0 Å². The van der Waals surface area contributed by atoms with Crippen molar-refractivity contribution >= 4 is 22.7 Å². The van der Waals surface area contributed by atoms with E-state index in [9.17, 15) is 14.7 Å². The highest BCUT2D eigenvalue weighted by atomic mass is 16.3. The molecule has 4 atom stereocenters. The first kappa shape index (κ1) is 22.6. The van der Waals surface area contributed by atoms with Gasteiger partial charge in [-0.15, -0.1) is 0 Å². The number of hydrogen-bond acceptors (Lipinski definition) is 4. The number of aromatic nitrogens is 1. The van der Waals surface area contributed by atoms with Crippen LogP contribution in [0.4, 0.5) is 0 Å². The second-order valence-electron chi connectivity index (χ2n) is 9.87. The molecule has 2 amide bonds. The maximum absolute atomic E-state index is 13.7. The van der Waals surface area contributed by atoms with Crippen LogP contribution in [0.5, 0.6) is 0 Å². The van der Waals surface area contributed by atoms with Crippen LogP contribution >= 0.6 is 0 Å². The number of benzene rings is 2. The van der Waals surface area contributed by atoms with Gasteiger partial charge in [-0.05, 0) is 43.0 Å². The van der Waals surface area contributed by atoms with Crippen LogP contribution in [-0.2, 0) is 11.2 Å². The molecule has 6 rings (SSSR count). The number of aromatic amines is 1. The van der Waals surface area contributed by atoms with Crippen LogP contribution in [0.2, 0.25) is 0 Å². The number of amides is 2. The Morgan fingerprint density at radius 2 is 1.94 bits per heavy atom. The highest BCUT2D eigenvalue weighted by Gasteiger charge is 2.49. The summed E-state index contributed by atoms with van der Waals surface area (Å²) in [6.45, 7) is 2.22.